The van der Waals surface area contributed by atoms with Crippen molar-refractivity contribution in [1.29, 1.82) is 0 Å². The molecule has 0 fully saturated rings. The van der Waals surface area contributed by atoms with Crippen LogP contribution in [0.3, 0.4) is 0 Å². The molecule has 0 saturated heterocycles. The van der Waals surface area contributed by atoms with Gasteiger partial charge in [-0.05, 0) is 119 Å². The largest absolute Gasteiger partial charge is 0.310 e. The predicted molar refractivity (Wildman–Crippen MR) is 220 cm³/mol. The van der Waals surface area contributed by atoms with Crippen LogP contribution < -0.4 is 4.90 Å². The van der Waals surface area contributed by atoms with E-state index < -0.39 is 0 Å². The molecule has 0 saturated carbocycles. The van der Waals surface area contributed by atoms with E-state index >= 15 is 0 Å². The van der Waals surface area contributed by atoms with Gasteiger partial charge in [0.25, 0.3) is 0 Å². The highest BCUT2D eigenvalue weighted by atomic mass is 15.1. The Balaban J connectivity index is 1.36. The molecule has 10 aromatic rings. The number of hydrogen-bond donors (Lipinski definition) is 0. The monoisotopic (exact) mass is 647 g/mol. The fourth-order valence-corrected chi connectivity index (χ4v) is 8.20. The van der Waals surface area contributed by atoms with Crippen molar-refractivity contribution in [3.8, 4) is 22.3 Å². The summed E-state index contributed by atoms with van der Waals surface area (Å²) in [5, 5.41) is 12.7. The molecule has 0 radical (unpaired) electrons. The van der Waals surface area contributed by atoms with Crippen molar-refractivity contribution in [2.75, 3.05) is 4.90 Å². The number of para-hydroxylation sites is 2. The lowest BCUT2D eigenvalue weighted by Gasteiger charge is -2.26. The van der Waals surface area contributed by atoms with Crippen LogP contribution in [0.4, 0.5) is 17.1 Å². The lowest BCUT2D eigenvalue weighted by Crippen LogP contribution is -2.09. The second-order valence-corrected chi connectivity index (χ2v) is 13.3. The molecule has 0 unspecified atom stereocenters. The van der Waals surface area contributed by atoms with E-state index in [9.17, 15) is 0 Å². The van der Waals surface area contributed by atoms with E-state index in [0.29, 0.717) is 0 Å². The van der Waals surface area contributed by atoms with Crippen LogP contribution in [-0.4, -0.2) is 0 Å². The van der Waals surface area contributed by atoms with Crippen molar-refractivity contribution in [3.05, 3.63) is 200 Å². The molecule has 0 aliphatic heterocycles. The second kappa shape index (κ2) is 12.0. The van der Waals surface area contributed by atoms with Gasteiger partial charge in [-0.2, -0.15) is 0 Å². The zero-order chi connectivity index (χ0) is 33.7. The summed E-state index contributed by atoms with van der Waals surface area (Å²) in [7, 11) is 0. The van der Waals surface area contributed by atoms with Crippen LogP contribution in [0.5, 0.6) is 0 Å². The zero-order valence-electron chi connectivity index (χ0n) is 28.0. The molecule has 1 heteroatoms. The highest BCUT2D eigenvalue weighted by Gasteiger charge is 2.22. The Hall–Kier alpha value is -6.70. The molecule has 0 heterocycles. The van der Waals surface area contributed by atoms with Crippen molar-refractivity contribution in [2.45, 2.75) is 0 Å². The van der Waals surface area contributed by atoms with Crippen molar-refractivity contribution < 1.29 is 0 Å². The van der Waals surface area contributed by atoms with Gasteiger partial charge >= 0.3 is 0 Å². The van der Waals surface area contributed by atoms with Crippen LogP contribution in [0, 0.1) is 0 Å². The molecule has 1 nitrogen and oxygen atoms in total. The number of hydrogen-bond acceptors (Lipinski definition) is 1. The minimum atomic E-state index is 1.12. The van der Waals surface area contributed by atoms with Crippen molar-refractivity contribution in [3.63, 3.8) is 0 Å². The van der Waals surface area contributed by atoms with Crippen LogP contribution in [0.15, 0.2) is 200 Å². The van der Waals surface area contributed by atoms with Gasteiger partial charge in [0, 0.05) is 17.1 Å². The summed E-state index contributed by atoms with van der Waals surface area (Å²) in [6.45, 7) is 0. The van der Waals surface area contributed by atoms with Gasteiger partial charge in [0.1, 0.15) is 0 Å². The van der Waals surface area contributed by atoms with Crippen LogP contribution in [0.2, 0.25) is 0 Å². The molecule has 10 rings (SSSR count). The first kappa shape index (κ1) is 29.2. The summed E-state index contributed by atoms with van der Waals surface area (Å²) in [4.78, 5) is 2.35. The normalized spacial score (nSPS) is 11.5. The average molecular weight is 648 g/mol. The first-order valence-electron chi connectivity index (χ1n) is 17.6. The summed E-state index contributed by atoms with van der Waals surface area (Å²) in [5.74, 6) is 0. The smallest absolute Gasteiger partial charge is 0.0467 e. The van der Waals surface area contributed by atoms with Gasteiger partial charge in [-0.25, -0.2) is 0 Å². The van der Waals surface area contributed by atoms with Crippen molar-refractivity contribution in [1.82, 2.24) is 0 Å². The fraction of sp³-hybridized carbons (Fsp3) is 0. The van der Waals surface area contributed by atoms with Gasteiger partial charge in [-0.15, -0.1) is 0 Å². The molecule has 0 amide bonds. The lowest BCUT2D eigenvalue weighted by atomic mass is 9.81. The summed E-state index contributed by atoms with van der Waals surface area (Å²) in [6, 6.07) is 73.0. The maximum atomic E-state index is 2.38. The highest BCUT2D eigenvalue weighted by molar-refractivity contribution is 6.36. The standard InChI is InChI=1S/C50H33N/c1-3-19-38(20-4-1)51(39-21-5-2-6-22-39)40-23-15-18-36(33-40)47-45-28-13-14-29-46(45)48(37-31-30-34-16-7-8-17-35(34)32-37)50-44-27-12-10-25-42(44)41-24-9-11-26-43(41)49(47)50/h1-33H. The Kier molecular flexibility index (Phi) is 6.89. The van der Waals surface area contributed by atoms with E-state index in [0.717, 1.165) is 17.1 Å². The Morgan fingerprint density at radius 2 is 0.686 bits per heavy atom. The molecule has 0 aliphatic carbocycles. The molecular formula is C50H33N. The van der Waals surface area contributed by atoms with Crippen molar-refractivity contribution >= 4 is 70.9 Å². The zero-order valence-corrected chi connectivity index (χ0v) is 28.0. The minimum Gasteiger partial charge on any atom is -0.310 e. The topological polar surface area (TPSA) is 3.24 Å². The van der Waals surface area contributed by atoms with E-state index in [2.05, 4.69) is 205 Å². The Bertz CT molecular complexity index is 2870. The van der Waals surface area contributed by atoms with Crippen LogP contribution in [-0.2, 0) is 0 Å². The van der Waals surface area contributed by atoms with E-state index in [1.807, 2.05) is 0 Å². The van der Waals surface area contributed by atoms with Gasteiger partial charge in [-0.3, -0.25) is 0 Å². The lowest BCUT2D eigenvalue weighted by molar-refractivity contribution is 1.28. The molecule has 0 N–H and O–H groups in total. The van der Waals surface area contributed by atoms with Gasteiger partial charge < -0.3 is 4.90 Å². The summed E-state index contributed by atoms with van der Waals surface area (Å²) in [5.41, 5.74) is 8.33. The first-order valence-corrected chi connectivity index (χ1v) is 17.6. The molecule has 238 valence electrons. The molecule has 0 atom stereocenters. The maximum absolute atomic E-state index is 2.38. The number of fused-ring (bicyclic) bond motifs is 8. The molecule has 0 spiro atoms. The van der Waals surface area contributed by atoms with Crippen LogP contribution in [0.25, 0.3) is 76.1 Å². The Labute approximate surface area is 297 Å². The van der Waals surface area contributed by atoms with Crippen LogP contribution in [0.1, 0.15) is 0 Å². The van der Waals surface area contributed by atoms with Crippen LogP contribution >= 0.6 is 0 Å². The number of benzene rings is 10. The molecular weight excluding hydrogens is 615 g/mol. The highest BCUT2D eigenvalue weighted by Crippen LogP contribution is 2.50. The summed E-state index contributed by atoms with van der Waals surface area (Å²) < 4.78 is 0. The average Bonchev–Trinajstić information content (AvgIpc) is 3.21. The van der Waals surface area contributed by atoms with Gasteiger partial charge in [-0.1, -0.05) is 158 Å². The van der Waals surface area contributed by atoms with E-state index in [1.165, 1.54) is 76.1 Å². The third-order valence-corrected chi connectivity index (χ3v) is 10.4. The van der Waals surface area contributed by atoms with Crippen molar-refractivity contribution in [2.24, 2.45) is 0 Å². The first-order chi connectivity index (χ1) is 25.3. The number of nitrogens with zero attached hydrogens (tertiary/aromatic N) is 1. The predicted octanol–water partition coefficient (Wildman–Crippen LogP) is 14.3. The Morgan fingerprint density at radius 1 is 0.255 bits per heavy atom. The third kappa shape index (κ3) is 4.78. The molecule has 0 aromatic heterocycles. The minimum absolute atomic E-state index is 1.12. The number of rotatable bonds is 5. The second-order valence-electron chi connectivity index (χ2n) is 13.3. The summed E-state index contributed by atoms with van der Waals surface area (Å²) >= 11 is 0. The number of anilines is 3. The SMILES string of the molecule is c1ccc(N(c2ccccc2)c2cccc(-c3c4ccccc4c(-c4ccc5ccccc5c4)c4c5ccccc5c5ccccc5c34)c2)cc1. The van der Waals surface area contributed by atoms with Gasteiger partial charge in [0.15, 0.2) is 0 Å². The molecule has 10 aromatic carbocycles. The molecule has 0 bridgehead atoms. The quantitative estimate of drug-likeness (QED) is 0.133. The van der Waals surface area contributed by atoms with Gasteiger partial charge in [0.05, 0.1) is 0 Å². The van der Waals surface area contributed by atoms with E-state index in [4.69, 9.17) is 0 Å². The van der Waals surface area contributed by atoms with E-state index in [-0.39, 0.29) is 0 Å². The van der Waals surface area contributed by atoms with Gasteiger partial charge in [0.2, 0.25) is 0 Å². The third-order valence-electron chi connectivity index (χ3n) is 10.4. The summed E-state index contributed by atoms with van der Waals surface area (Å²) in [6.07, 6.45) is 0. The Morgan fingerprint density at radius 3 is 1.25 bits per heavy atom. The molecule has 0 aliphatic rings. The maximum Gasteiger partial charge on any atom is 0.0467 e. The molecule has 51 heavy (non-hydrogen) atoms. The van der Waals surface area contributed by atoms with E-state index in [1.54, 1.807) is 0 Å². The fourth-order valence-electron chi connectivity index (χ4n) is 8.20.